The quantitative estimate of drug-likeness (QED) is 0.787. The molecule has 108 valence electrons. The van der Waals surface area contributed by atoms with Crippen LogP contribution in [-0.2, 0) is 0 Å². The SMILES string of the molecule is CC(C)C(CCO)NC(=O)c1sc2cnccc2c1N. The van der Waals surface area contributed by atoms with E-state index in [4.69, 9.17) is 10.8 Å². The van der Waals surface area contributed by atoms with Crippen molar-refractivity contribution in [2.75, 3.05) is 12.3 Å². The third kappa shape index (κ3) is 2.91. The first-order valence-electron chi connectivity index (χ1n) is 6.58. The molecule has 2 aromatic rings. The zero-order valence-electron chi connectivity index (χ0n) is 11.6. The normalized spacial score (nSPS) is 12.8. The van der Waals surface area contributed by atoms with E-state index in [1.807, 2.05) is 19.9 Å². The molecule has 1 atom stereocenters. The third-order valence-corrected chi connectivity index (χ3v) is 4.45. The van der Waals surface area contributed by atoms with E-state index >= 15 is 0 Å². The topological polar surface area (TPSA) is 88.2 Å². The van der Waals surface area contributed by atoms with Gasteiger partial charge in [-0.2, -0.15) is 0 Å². The summed E-state index contributed by atoms with van der Waals surface area (Å²) in [4.78, 5) is 16.9. The monoisotopic (exact) mass is 293 g/mol. The second-order valence-corrected chi connectivity index (χ2v) is 6.11. The fraction of sp³-hybridized carbons (Fsp3) is 0.429. The Morgan fingerprint density at radius 2 is 2.30 bits per heavy atom. The molecule has 0 aliphatic heterocycles. The predicted molar refractivity (Wildman–Crippen MR) is 81.8 cm³/mol. The number of carbonyl (C=O) groups excluding carboxylic acids is 1. The summed E-state index contributed by atoms with van der Waals surface area (Å²) in [7, 11) is 0. The minimum absolute atomic E-state index is 0.0505. The van der Waals surface area contributed by atoms with Crippen LogP contribution in [0.15, 0.2) is 18.5 Å². The van der Waals surface area contributed by atoms with Gasteiger partial charge in [-0.25, -0.2) is 0 Å². The highest BCUT2D eigenvalue weighted by atomic mass is 32.1. The standard InChI is InChI=1S/C14H19N3O2S/c1-8(2)10(4-6-18)17-14(19)13-12(15)9-3-5-16-7-11(9)20-13/h3,5,7-8,10,18H,4,6,15H2,1-2H3,(H,17,19). The lowest BCUT2D eigenvalue weighted by atomic mass is 10.0. The Hall–Kier alpha value is -1.66. The lowest BCUT2D eigenvalue weighted by molar-refractivity contribution is 0.0921. The van der Waals surface area contributed by atoms with E-state index in [0.29, 0.717) is 17.0 Å². The van der Waals surface area contributed by atoms with Gasteiger partial charge in [0.05, 0.1) is 10.4 Å². The van der Waals surface area contributed by atoms with Crippen molar-refractivity contribution in [3.63, 3.8) is 0 Å². The highest BCUT2D eigenvalue weighted by molar-refractivity contribution is 7.21. The number of nitrogens with one attached hydrogen (secondary N) is 1. The van der Waals surface area contributed by atoms with Crippen LogP contribution in [0.4, 0.5) is 5.69 Å². The number of carbonyl (C=O) groups is 1. The molecule has 2 aromatic heterocycles. The van der Waals surface area contributed by atoms with Gasteiger partial charge in [0, 0.05) is 30.4 Å². The van der Waals surface area contributed by atoms with Crippen LogP contribution in [0, 0.1) is 5.92 Å². The van der Waals surface area contributed by atoms with Gasteiger partial charge >= 0.3 is 0 Å². The Morgan fingerprint density at radius 1 is 1.55 bits per heavy atom. The number of fused-ring (bicyclic) bond motifs is 1. The zero-order valence-corrected chi connectivity index (χ0v) is 12.4. The lowest BCUT2D eigenvalue weighted by Crippen LogP contribution is -2.39. The lowest BCUT2D eigenvalue weighted by Gasteiger charge is -2.21. The summed E-state index contributed by atoms with van der Waals surface area (Å²) in [6.45, 7) is 4.08. The van der Waals surface area contributed by atoms with Gasteiger partial charge in [-0.05, 0) is 18.4 Å². The first-order valence-corrected chi connectivity index (χ1v) is 7.40. The molecule has 20 heavy (non-hydrogen) atoms. The van der Waals surface area contributed by atoms with Crippen LogP contribution in [0.3, 0.4) is 0 Å². The van der Waals surface area contributed by atoms with Crippen LogP contribution in [0.2, 0.25) is 0 Å². The number of rotatable bonds is 5. The number of thiophene rings is 1. The molecule has 2 rings (SSSR count). The first kappa shape index (κ1) is 14.7. The Kier molecular flexibility index (Phi) is 4.57. The number of aliphatic hydroxyl groups is 1. The largest absolute Gasteiger partial charge is 0.397 e. The van der Waals surface area contributed by atoms with Crippen molar-refractivity contribution < 1.29 is 9.90 Å². The van der Waals surface area contributed by atoms with Crippen molar-refractivity contribution in [2.24, 2.45) is 5.92 Å². The molecular formula is C14H19N3O2S. The summed E-state index contributed by atoms with van der Waals surface area (Å²) in [6, 6.07) is 1.75. The summed E-state index contributed by atoms with van der Waals surface area (Å²) >= 11 is 1.34. The Bertz CT molecular complexity index is 609. The zero-order chi connectivity index (χ0) is 14.7. The average Bonchev–Trinajstić information content (AvgIpc) is 2.76. The maximum absolute atomic E-state index is 12.3. The molecular weight excluding hydrogens is 274 g/mol. The van der Waals surface area contributed by atoms with Gasteiger partial charge in [0.15, 0.2) is 0 Å². The van der Waals surface area contributed by atoms with Crippen LogP contribution < -0.4 is 11.1 Å². The van der Waals surface area contributed by atoms with Crippen molar-refractivity contribution in [3.05, 3.63) is 23.3 Å². The maximum atomic E-state index is 12.3. The minimum atomic E-state index is -0.184. The predicted octanol–water partition coefficient (Wildman–Crippen LogP) is 2.02. The van der Waals surface area contributed by atoms with E-state index < -0.39 is 0 Å². The summed E-state index contributed by atoms with van der Waals surface area (Å²) < 4.78 is 0.901. The van der Waals surface area contributed by atoms with Gasteiger partial charge in [0.2, 0.25) is 0 Å². The van der Waals surface area contributed by atoms with Crippen LogP contribution in [-0.4, -0.2) is 28.6 Å². The minimum Gasteiger partial charge on any atom is -0.397 e. The molecule has 6 heteroatoms. The first-order chi connectivity index (χ1) is 9.54. The molecule has 0 saturated heterocycles. The van der Waals surface area contributed by atoms with E-state index in [1.54, 1.807) is 12.4 Å². The number of amides is 1. The molecule has 1 amide bonds. The molecule has 0 aromatic carbocycles. The summed E-state index contributed by atoms with van der Waals surface area (Å²) in [5.41, 5.74) is 6.53. The van der Waals surface area contributed by atoms with Gasteiger partial charge < -0.3 is 16.2 Å². The van der Waals surface area contributed by atoms with E-state index in [1.165, 1.54) is 11.3 Å². The van der Waals surface area contributed by atoms with Crippen LogP contribution >= 0.6 is 11.3 Å². The Labute approximate surface area is 121 Å². The highest BCUT2D eigenvalue weighted by Gasteiger charge is 2.21. The van der Waals surface area contributed by atoms with Crippen molar-refractivity contribution in [3.8, 4) is 0 Å². The van der Waals surface area contributed by atoms with Gasteiger partial charge in [-0.3, -0.25) is 9.78 Å². The molecule has 0 radical (unpaired) electrons. The fourth-order valence-electron chi connectivity index (χ4n) is 2.08. The van der Waals surface area contributed by atoms with E-state index in [2.05, 4.69) is 10.3 Å². The van der Waals surface area contributed by atoms with E-state index in [9.17, 15) is 4.79 Å². The van der Waals surface area contributed by atoms with Crippen molar-refractivity contribution in [1.29, 1.82) is 0 Å². The molecule has 1 unspecified atom stereocenters. The van der Waals surface area contributed by atoms with Crippen molar-refractivity contribution in [1.82, 2.24) is 10.3 Å². The summed E-state index contributed by atoms with van der Waals surface area (Å²) in [6.07, 6.45) is 3.91. The fourth-order valence-corrected chi connectivity index (χ4v) is 3.08. The number of aromatic nitrogens is 1. The molecule has 0 aliphatic rings. The number of nitrogen functional groups attached to an aromatic ring is 1. The van der Waals surface area contributed by atoms with Gasteiger partial charge in [0.25, 0.3) is 5.91 Å². The third-order valence-electron chi connectivity index (χ3n) is 3.30. The Morgan fingerprint density at radius 3 is 2.90 bits per heavy atom. The molecule has 0 bridgehead atoms. The molecule has 0 aliphatic carbocycles. The van der Waals surface area contributed by atoms with Crippen molar-refractivity contribution >= 4 is 33.0 Å². The average molecular weight is 293 g/mol. The number of pyridine rings is 1. The molecule has 5 nitrogen and oxygen atoms in total. The van der Waals surface area contributed by atoms with Gasteiger partial charge in [0.1, 0.15) is 4.88 Å². The van der Waals surface area contributed by atoms with Crippen molar-refractivity contribution in [2.45, 2.75) is 26.3 Å². The van der Waals surface area contributed by atoms with Crippen LogP contribution in [0.25, 0.3) is 10.1 Å². The Balaban J connectivity index is 2.24. The molecule has 4 N–H and O–H groups in total. The smallest absolute Gasteiger partial charge is 0.263 e. The van der Waals surface area contributed by atoms with E-state index in [-0.39, 0.29) is 24.5 Å². The number of anilines is 1. The van der Waals surface area contributed by atoms with Gasteiger partial charge in [-0.1, -0.05) is 13.8 Å². The van der Waals surface area contributed by atoms with E-state index in [0.717, 1.165) is 10.1 Å². The number of hydrogen-bond donors (Lipinski definition) is 3. The summed E-state index contributed by atoms with van der Waals surface area (Å²) in [5, 5.41) is 12.9. The van der Waals surface area contributed by atoms with Gasteiger partial charge in [-0.15, -0.1) is 11.3 Å². The second kappa shape index (κ2) is 6.19. The van der Waals surface area contributed by atoms with Crippen LogP contribution in [0.5, 0.6) is 0 Å². The maximum Gasteiger partial charge on any atom is 0.263 e. The number of nitrogens with zero attached hydrogens (tertiary/aromatic N) is 1. The van der Waals surface area contributed by atoms with Crippen LogP contribution in [0.1, 0.15) is 29.9 Å². The molecule has 0 saturated carbocycles. The number of nitrogens with two attached hydrogens (primary N) is 1. The molecule has 2 heterocycles. The molecule has 0 fully saturated rings. The number of aliphatic hydroxyl groups excluding tert-OH is 1. The summed E-state index contributed by atoms with van der Waals surface area (Å²) in [5.74, 6) is 0.0687. The molecule has 0 spiro atoms. The highest BCUT2D eigenvalue weighted by Crippen LogP contribution is 2.32. The number of hydrogen-bond acceptors (Lipinski definition) is 5. The second-order valence-electron chi connectivity index (χ2n) is 5.05.